The van der Waals surface area contributed by atoms with Crippen molar-refractivity contribution in [2.45, 2.75) is 78.6 Å². The van der Waals surface area contributed by atoms with Crippen LogP contribution >= 0.6 is 12.2 Å². The summed E-state index contributed by atoms with van der Waals surface area (Å²) < 4.78 is 10.6. The predicted octanol–water partition coefficient (Wildman–Crippen LogP) is 5.22. The third-order valence-electron chi connectivity index (χ3n) is 5.46. The second-order valence-electron chi connectivity index (χ2n) is 9.79. The van der Waals surface area contributed by atoms with E-state index in [1.54, 1.807) is 0 Å². The first kappa shape index (κ1) is 22.7. The van der Waals surface area contributed by atoms with Crippen molar-refractivity contribution in [2.75, 3.05) is 13.2 Å². The Morgan fingerprint density at radius 3 is 2.07 bits per heavy atom. The van der Waals surface area contributed by atoms with E-state index < -0.39 is 5.41 Å². The largest absolute Gasteiger partial charge is 0.507 e. The Bertz CT molecular complexity index is 716. The van der Waals surface area contributed by atoms with Gasteiger partial charge in [-0.3, -0.25) is 4.79 Å². The summed E-state index contributed by atoms with van der Waals surface area (Å²) in [4.78, 5) is 11.8. The van der Waals surface area contributed by atoms with Crippen LogP contribution in [0, 0.1) is 5.41 Å². The van der Waals surface area contributed by atoms with E-state index in [2.05, 4.69) is 53.7 Å². The Kier molecular flexibility index (Phi) is 6.49. The van der Waals surface area contributed by atoms with Gasteiger partial charge in [-0.1, -0.05) is 60.6 Å². The van der Waals surface area contributed by atoms with Gasteiger partial charge in [0.2, 0.25) is 0 Å². The van der Waals surface area contributed by atoms with Crippen LogP contribution in [0.2, 0.25) is 0 Å². The smallest absolute Gasteiger partial charge is 0.324 e. The van der Waals surface area contributed by atoms with Crippen molar-refractivity contribution < 1.29 is 19.4 Å². The van der Waals surface area contributed by atoms with Crippen molar-refractivity contribution in [3.63, 3.8) is 0 Å². The van der Waals surface area contributed by atoms with Crippen molar-refractivity contribution in [1.29, 1.82) is 0 Å². The molecule has 1 saturated heterocycles. The van der Waals surface area contributed by atoms with Gasteiger partial charge in [0.1, 0.15) is 12.4 Å². The normalized spacial score (nSPS) is 19.8. The number of hydrogen-bond donors (Lipinski definition) is 1. The van der Waals surface area contributed by atoms with Gasteiger partial charge >= 0.3 is 5.97 Å². The summed E-state index contributed by atoms with van der Waals surface area (Å²) in [7, 11) is 0. The summed E-state index contributed by atoms with van der Waals surface area (Å²) in [5.41, 5.74) is 2.09. The summed E-state index contributed by atoms with van der Waals surface area (Å²) in [6.07, 6.45) is 2.21. The molecule has 0 amide bonds. The van der Waals surface area contributed by atoms with Crippen LogP contribution in [0.1, 0.15) is 78.0 Å². The average molecular weight is 407 g/mol. The molecule has 0 radical (unpaired) electrons. The third kappa shape index (κ3) is 4.51. The topological polar surface area (TPSA) is 55.8 Å². The molecule has 1 fully saturated rings. The first-order chi connectivity index (χ1) is 12.8. The maximum atomic E-state index is 11.8. The minimum atomic E-state index is -0.729. The van der Waals surface area contributed by atoms with E-state index in [0.717, 1.165) is 24.0 Å². The van der Waals surface area contributed by atoms with E-state index in [1.165, 1.54) is 5.56 Å². The highest BCUT2D eigenvalue weighted by molar-refractivity contribution is 7.80. The lowest BCUT2D eigenvalue weighted by Crippen LogP contribution is -2.53. The van der Waals surface area contributed by atoms with E-state index in [-0.39, 0.29) is 16.8 Å². The van der Waals surface area contributed by atoms with Gasteiger partial charge in [0.25, 0.3) is 0 Å². The minimum absolute atomic E-state index is 0.143. The minimum Gasteiger partial charge on any atom is -0.507 e. The number of esters is 1. The number of aryl methyl sites for hydroxylation is 1. The lowest BCUT2D eigenvalue weighted by molar-refractivity contribution is -0.177. The number of rotatable bonds is 6. The summed E-state index contributed by atoms with van der Waals surface area (Å²) in [5.74, 6) is 0.123. The quantitative estimate of drug-likeness (QED) is 0.399. The van der Waals surface area contributed by atoms with Gasteiger partial charge in [-0.15, -0.1) is 0 Å². The van der Waals surface area contributed by atoms with Crippen molar-refractivity contribution in [3.8, 4) is 5.75 Å². The highest BCUT2D eigenvalue weighted by atomic mass is 32.1. The van der Waals surface area contributed by atoms with Gasteiger partial charge in [-0.25, -0.2) is 0 Å². The van der Waals surface area contributed by atoms with E-state index >= 15 is 0 Å². The summed E-state index contributed by atoms with van der Waals surface area (Å²) in [6, 6.07) is 4.19. The average Bonchev–Trinajstić information content (AvgIpc) is 2.57. The zero-order valence-corrected chi connectivity index (χ0v) is 19.1. The molecule has 1 atom stereocenters. The number of carbonyl (C=O) groups excluding carboxylic acids is 1. The number of phenolic OH excluding ortho intramolecular Hbond substituents is 1. The molecule has 1 aromatic rings. The number of hydrogen-bond acceptors (Lipinski definition) is 5. The fourth-order valence-corrected chi connectivity index (χ4v) is 3.77. The maximum absolute atomic E-state index is 11.8. The first-order valence-corrected chi connectivity index (χ1v) is 10.4. The van der Waals surface area contributed by atoms with Crippen molar-refractivity contribution in [2.24, 2.45) is 5.41 Å². The molecule has 0 aliphatic carbocycles. The maximum Gasteiger partial charge on any atom is 0.324 e. The predicted molar refractivity (Wildman–Crippen MR) is 116 cm³/mol. The third-order valence-corrected chi connectivity index (χ3v) is 5.97. The van der Waals surface area contributed by atoms with Gasteiger partial charge in [-0.05, 0) is 59.0 Å². The van der Waals surface area contributed by atoms with E-state index in [1.807, 2.05) is 6.92 Å². The van der Waals surface area contributed by atoms with Gasteiger partial charge in [0.05, 0.1) is 6.61 Å². The van der Waals surface area contributed by atoms with Crippen LogP contribution in [0.5, 0.6) is 5.75 Å². The number of ether oxygens (including phenoxy) is 2. The molecule has 4 nitrogen and oxygen atoms in total. The van der Waals surface area contributed by atoms with Crippen LogP contribution in [0.3, 0.4) is 0 Å². The molecular weight excluding hydrogens is 372 g/mol. The number of phenols is 1. The van der Waals surface area contributed by atoms with E-state index in [4.69, 9.17) is 21.7 Å². The number of cyclic esters (lactones) is 1. The van der Waals surface area contributed by atoms with Gasteiger partial charge in [-0.2, -0.15) is 0 Å². The van der Waals surface area contributed by atoms with Crippen LogP contribution in [0.15, 0.2) is 12.1 Å². The summed E-state index contributed by atoms with van der Waals surface area (Å²) in [6.45, 7) is 15.4. The van der Waals surface area contributed by atoms with Crippen LogP contribution in [0.4, 0.5) is 0 Å². The molecule has 1 aliphatic rings. The molecule has 1 aliphatic heterocycles. The SMILES string of the molecule is CCC1(C(=S)OCCCc2cc(C(C)(C)C)c(O)c(C(C)(C)C)c2)COC1=O. The lowest BCUT2D eigenvalue weighted by Gasteiger charge is -2.37. The molecule has 0 saturated carbocycles. The molecule has 1 heterocycles. The fourth-order valence-electron chi connectivity index (χ4n) is 3.40. The Morgan fingerprint density at radius 2 is 1.71 bits per heavy atom. The van der Waals surface area contributed by atoms with Crippen LogP contribution in [0.25, 0.3) is 0 Å². The number of aromatic hydroxyl groups is 1. The molecule has 1 unspecified atom stereocenters. The fraction of sp³-hybridized carbons (Fsp3) is 0.652. The monoisotopic (exact) mass is 406 g/mol. The summed E-state index contributed by atoms with van der Waals surface area (Å²) in [5, 5.41) is 11.2. The molecule has 0 bridgehead atoms. The number of thiocarbonyl (C=S) groups is 1. The zero-order chi connectivity index (χ0) is 21.3. The number of carbonyl (C=O) groups is 1. The molecule has 2 rings (SSSR count). The molecule has 28 heavy (non-hydrogen) atoms. The Hall–Kier alpha value is -1.62. The highest BCUT2D eigenvalue weighted by Crippen LogP contribution is 2.40. The standard InChI is InChI=1S/C23H34O4S/c1-8-23(14-27-19(23)25)20(28)26-11-9-10-15-12-16(21(2,3)4)18(24)17(13-15)22(5,6)7/h12-13,24H,8-11,14H2,1-7H3. The Labute approximate surface area is 174 Å². The van der Waals surface area contributed by atoms with Crippen molar-refractivity contribution >= 4 is 23.2 Å². The molecule has 156 valence electrons. The highest BCUT2D eigenvalue weighted by Gasteiger charge is 2.52. The van der Waals surface area contributed by atoms with Gasteiger partial charge in [0, 0.05) is 0 Å². The lowest BCUT2D eigenvalue weighted by atomic mass is 9.78. The Morgan fingerprint density at radius 1 is 1.18 bits per heavy atom. The molecule has 1 aromatic carbocycles. The molecule has 1 N–H and O–H groups in total. The van der Waals surface area contributed by atoms with E-state index in [9.17, 15) is 9.90 Å². The molecule has 0 aromatic heterocycles. The Balaban J connectivity index is 2.08. The second-order valence-corrected chi connectivity index (χ2v) is 10.2. The molecule has 5 heteroatoms. The number of benzene rings is 1. The molecular formula is C23H34O4S. The van der Waals surface area contributed by atoms with Crippen LogP contribution in [-0.4, -0.2) is 29.3 Å². The van der Waals surface area contributed by atoms with E-state index in [0.29, 0.717) is 30.4 Å². The van der Waals surface area contributed by atoms with Crippen LogP contribution < -0.4 is 0 Å². The molecule has 0 spiro atoms. The van der Waals surface area contributed by atoms with Gasteiger partial charge < -0.3 is 14.6 Å². The van der Waals surface area contributed by atoms with Crippen molar-refractivity contribution in [3.05, 3.63) is 28.8 Å². The summed E-state index contributed by atoms with van der Waals surface area (Å²) >= 11 is 5.35. The van der Waals surface area contributed by atoms with Crippen LogP contribution in [-0.2, 0) is 31.5 Å². The van der Waals surface area contributed by atoms with Gasteiger partial charge in [0.15, 0.2) is 10.5 Å². The second kappa shape index (κ2) is 8.02. The van der Waals surface area contributed by atoms with Crippen molar-refractivity contribution in [1.82, 2.24) is 0 Å². The zero-order valence-electron chi connectivity index (χ0n) is 18.3. The first-order valence-electron chi connectivity index (χ1n) is 10.0.